The van der Waals surface area contributed by atoms with Crippen LogP contribution in [0.1, 0.15) is 18.6 Å². The SMILES string of the molecule is CCOc1ccccc1NC(=O)C(OC(=O)CSc1nnc(N)s1)c1ccccc1. The number of esters is 1. The Morgan fingerprint density at radius 1 is 1.13 bits per heavy atom. The van der Waals surface area contributed by atoms with E-state index in [0.717, 1.165) is 11.8 Å². The first-order valence-electron chi connectivity index (χ1n) is 9.05. The van der Waals surface area contributed by atoms with Crippen molar-refractivity contribution in [1.29, 1.82) is 0 Å². The molecule has 0 saturated carbocycles. The average Bonchev–Trinajstić information content (AvgIpc) is 3.18. The quantitative estimate of drug-likeness (QED) is 0.380. The van der Waals surface area contributed by atoms with E-state index in [1.165, 1.54) is 11.3 Å². The summed E-state index contributed by atoms with van der Waals surface area (Å²) in [7, 11) is 0. The molecule has 0 fully saturated rings. The van der Waals surface area contributed by atoms with Gasteiger partial charge in [-0.1, -0.05) is 65.6 Å². The highest BCUT2D eigenvalue weighted by Gasteiger charge is 2.26. The summed E-state index contributed by atoms with van der Waals surface area (Å²) in [6.07, 6.45) is -1.12. The van der Waals surface area contributed by atoms with Crippen LogP contribution in [0.3, 0.4) is 0 Å². The van der Waals surface area contributed by atoms with Gasteiger partial charge in [-0.15, -0.1) is 10.2 Å². The van der Waals surface area contributed by atoms with Crippen LogP contribution in [0.2, 0.25) is 0 Å². The minimum atomic E-state index is -1.12. The number of carbonyl (C=O) groups is 2. The molecule has 1 unspecified atom stereocenters. The Kier molecular flexibility index (Phi) is 7.63. The number of nitrogens with two attached hydrogens (primary N) is 1. The first-order valence-corrected chi connectivity index (χ1v) is 10.9. The van der Waals surface area contributed by atoms with Gasteiger partial charge in [0.2, 0.25) is 11.2 Å². The molecule has 0 bridgehead atoms. The van der Waals surface area contributed by atoms with Crippen molar-refractivity contribution in [1.82, 2.24) is 10.2 Å². The minimum absolute atomic E-state index is 0.0270. The highest BCUT2D eigenvalue weighted by molar-refractivity contribution is 8.01. The Labute approximate surface area is 181 Å². The van der Waals surface area contributed by atoms with Crippen molar-refractivity contribution >= 4 is 45.8 Å². The molecular formula is C20H20N4O4S2. The molecule has 3 aromatic rings. The summed E-state index contributed by atoms with van der Waals surface area (Å²) in [6.45, 7) is 2.31. The lowest BCUT2D eigenvalue weighted by molar-refractivity contribution is -0.152. The predicted octanol–water partition coefficient (Wildman–Crippen LogP) is 3.53. The van der Waals surface area contributed by atoms with E-state index < -0.39 is 18.0 Å². The third kappa shape index (κ3) is 5.94. The fraction of sp³-hybridized carbons (Fsp3) is 0.200. The summed E-state index contributed by atoms with van der Waals surface area (Å²) in [5, 5.41) is 10.7. The van der Waals surface area contributed by atoms with Crippen LogP contribution in [-0.2, 0) is 14.3 Å². The van der Waals surface area contributed by atoms with E-state index in [2.05, 4.69) is 15.5 Å². The zero-order valence-electron chi connectivity index (χ0n) is 16.1. The zero-order valence-corrected chi connectivity index (χ0v) is 17.7. The van der Waals surface area contributed by atoms with Crippen LogP contribution in [0.15, 0.2) is 58.9 Å². The molecule has 1 atom stereocenters. The number of amides is 1. The van der Waals surface area contributed by atoms with Crippen LogP contribution >= 0.6 is 23.1 Å². The lowest BCUT2D eigenvalue weighted by atomic mass is 10.1. The Morgan fingerprint density at radius 3 is 2.57 bits per heavy atom. The molecule has 0 radical (unpaired) electrons. The highest BCUT2D eigenvalue weighted by atomic mass is 32.2. The van der Waals surface area contributed by atoms with Gasteiger partial charge in [0, 0.05) is 5.56 Å². The van der Waals surface area contributed by atoms with Gasteiger partial charge >= 0.3 is 5.97 Å². The largest absolute Gasteiger partial charge is 0.492 e. The second-order valence-electron chi connectivity index (χ2n) is 5.89. The number of carbonyl (C=O) groups excluding carboxylic acids is 2. The summed E-state index contributed by atoms with van der Waals surface area (Å²) in [6, 6.07) is 15.9. The van der Waals surface area contributed by atoms with E-state index in [4.69, 9.17) is 15.2 Å². The van der Waals surface area contributed by atoms with Crippen molar-refractivity contribution in [3.63, 3.8) is 0 Å². The van der Waals surface area contributed by atoms with Crippen LogP contribution in [-0.4, -0.2) is 34.4 Å². The minimum Gasteiger partial charge on any atom is -0.492 e. The number of anilines is 2. The molecule has 10 heteroatoms. The number of nitrogen functional groups attached to an aromatic ring is 1. The maximum Gasteiger partial charge on any atom is 0.317 e. The van der Waals surface area contributed by atoms with Gasteiger partial charge in [0.25, 0.3) is 5.91 Å². The standard InChI is InChI=1S/C20H20N4O4S2/c1-2-27-15-11-7-6-10-14(15)22-18(26)17(13-8-4-3-5-9-13)28-16(25)12-29-20-24-23-19(21)30-20/h3-11,17H,2,12H2,1H3,(H2,21,23)(H,22,26). The van der Waals surface area contributed by atoms with Crippen molar-refractivity contribution < 1.29 is 19.1 Å². The lowest BCUT2D eigenvalue weighted by Crippen LogP contribution is -2.26. The Morgan fingerprint density at radius 2 is 1.87 bits per heavy atom. The molecule has 0 aliphatic heterocycles. The maximum atomic E-state index is 13.0. The molecule has 8 nitrogen and oxygen atoms in total. The predicted molar refractivity (Wildman–Crippen MR) is 117 cm³/mol. The number of rotatable bonds is 9. The van der Waals surface area contributed by atoms with Crippen LogP contribution in [0.5, 0.6) is 5.75 Å². The second-order valence-corrected chi connectivity index (χ2v) is 8.13. The number of nitrogens with zero attached hydrogens (tertiary/aromatic N) is 2. The number of nitrogens with one attached hydrogen (secondary N) is 1. The van der Waals surface area contributed by atoms with Gasteiger partial charge in [-0.2, -0.15) is 0 Å². The molecule has 2 aromatic carbocycles. The van der Waals surface area contributed by atoms with Gasteiger partial charge in [-0.3, -0.25) is 9.59 Å². The zero-order chi connectivity index (χ0) is 21.3. The van der Waals surface area contributed by atoms with Gasteiger partial charge < -0.3 is 20.5 Å². The maximum absolute atomic E-state index is 13.0. The first kappa shape index (κ1) is 21.6. The van der Waals surface area contributed by atoms with Crippen LogP contribution in [0.4, 0.5) is 10.8 Å². The number of hydrogen-bond donors (Lipinski definition) is 2. The number of hydrogen-bond acceptors (Lipinski definition) is 9. The van der Waals surface area contributed by atoms with Gasteiger partial charge in [0.15, 0.2) is 4.34 Å². The Bertz CT molecular complexity index is 997. The van der Waals surface area contributed by atoms with E-state index in [1.807, 2.05) is 19.1 Å². The molecule has 1 heterocycles. The molecule has 0 spiro atoms. The van der Waals surface area contributed by atoms with E-state index >= 15 is 0 Å². The van der Waals surface area contributed by atoms with E-state index in [0.29, 0.717) is 33.1 Å². The van der Waals surface area contributed by atoms with Crippen molar-refractivity contribution in [2.24, 2.45) is 0 Å². The third-order valence-electron chi connectivity index (χ3n) is 3.77. The smallest absolute Gasteiger partial charge is 0.317 e. The third-order valence-corrected chi connectivity index (χ3v) is 5.63. The fourth-order valence-electron chi connectivity index (χ4n) is 2.52. The summed E-state index contributed by atoms with van der Waals surface area (Å²) in [5.74, 6) is -0.528. The summed E-state index contributed by atoms with van der Waals surface area (Å²) in [5.41, 5.74) is 6.60. The number of ether oxygens (including phenoxy) is 2. The topological polar surface area (TPSA) is 116 Å². The molecule has 156 valence electrons. The van der Waals surface area contributed by atoms with E-state index in [9.17, 15) is 9.59 Å². The summed E-state index contributed by atoms with van der Waals surface area (Å²) in [4.78, 5) is 25.4. The van der Waals surface area contributed by atoms with Crippen molar-refractivity contribution in [3.8, 4) is 5.75 Å². The van der Waals surface area contributed by atoms with Crippen molar-refractivity contribution in [2.75, 3.05) is 23.4 Å². The molecular weight excluding hydrogens is 424 g/mol. The molecule has 0 aliphatic rings. The molecule has 3 rings (SSSR count). The number of aromatic nitrogens is 2. The van der Waals surface area contributed by atoms with E-state index in [1.54, 1.807) is 42.5 Å². The monoisotopic (exact) mass is 444 g/mol. The fourth-order valence-corrected chi connectivity index (χ4v) is 3.93. The molecule has 0 aliphatic carbocycles. The number of para-hydroxylation sites is 2. The summed E-state index contributed by atoms with van der Waals surface area (Å²) < 4.78 is 11.6. The molecule has 1 aromatic heterocycles. The van der Waals surface area contributed by atoms with Crippen molar-refractivity contribution in [3.05, 3.63) is 60.2 Å². The van der Waals surface area contributed by atoms with E-state index in [-0.39, 0.29) is 5.75 Å². The lowest BCUT2D eigenvalue weighted by Gasteiger charge is -2.19. The summed E-state index contributed by atoms with van der Waals surface area (Å²) >= 11 is 2.33. The van der Waals surface area contributed by atoms with Crippen LogP contribution in [0.25, 0.3) is 0 Å². The second kappa shape index (κ2) is 10.6. The van der Waals surface area contributed by atoms with Crippen molar-refractivity contribution in [2.45, 2.75) is 17.4 Å². The molecule has 0 saturated heterocycles. The van der Waals surface area contributed by atoms with Gasteiger partial charge in [0.05, 0.1) is 18.0 Å². The van der Waals surface area contributed by atoms with Crippen LogP contribution < -0.4 is 15.8 Å². The molecule has 30 heavy (non-hydrogen) atoms. The van der Waals surface area contributed by atoms with Gasteiger partial charge in [-0.05, 0) is 19.1 Å². The normalized spacial score (nSPS) is 11.5. The van der Waals surface area contributed by atoms with Crippen LogP contribution in [0, 0.1) is 0 Å². The number of thioether (sulfide) groups is 1. The first-order chi connectivity index (χ1) is 14.6. The highest BCUT2D eigenvalue weighted by Crippen LogP contribution is 2.28. The number of benzene rings is 2. The average molecular weight is 445 g/mol. The Hall–Kier alpha value is -3.11. The molecule has 3 N–H and O–H groups in total. The van der Waals surface area contributed by atoms with Gasteiger partial charge in [0.1, 0.15) is 5.75 Å². The Balaban J connectivity index is 1.72. The molecule has 1 amide bonds. The van der Waals surface area contributed by atoms with Gasteiger partial charge in [-0.25, -0.2) is 0 Å².